The number of benzene rings is 1. The largest absolute Gasteiger partial charge is 0.497 e. The standard InChI is InChI=1S/C16H25N3O2/c1-19-9-6-12(7-10-19)5-8-18-16(20)14-11-13(21-2)3-4-15(14)17/h3-4,11-12H,5-10,17H2,1-2H3,(H,18,20). The first-order valence-corrected chi connectivity index (χ1v) is 7.50. The average Bonchev–Trinajstić information content (AvgIpc) is 2.49. The summed E-state index contributed by atoms with van der Waals surface area (Å²) < 4.78 is 5.13. The molecule has 2 rings (SSSR count). The highest BCUT2D eigenvalue weighted by atomic mass is 16.5. The lowest BCUT2D eigenvalue weighted by Gasteiger charge is -2.28. The number of amides is 1. The summed E-state index contributed by atoms with van der Waals surface area (Å²) in [5.41, 5.74) is 6.82. The lowest BCUT2D eigenvalue weighted by molar-refractivity contribution is 0.0949. The summed E-state index contributed by atoms with van der Waals surface area (Å²) in [6.07, 6.45) is 3.46. The van der Waals surface area contributed by atoms with E-state index in [1.807, 2.05) is 0 Å². The quantitative estimate of drug-likeness (QED) is 0.811. The second-order valence-electron chi connectivity index (χ2n) is 5.74. The van der Waals surface area contributed by atoms with E-state index in [0.717, 1.165) is 19.5 Å². The fourth-order valence-corrected chi connectivity index (χ4v) is 2.69. The molecule has 0 aliphatic carbocycles. The molecule has 3 N–H and O–H groups in total. The van der Waals surface area contributed by atoms with Crippen molar-refractivity contribution in [3.8, 4) is 5.75 Å². The SMILES string of the molecule is COc1ccc(N)c(C(=O)NCCC2CCN(C)CC2)c1. The molecule has 5 heteroatoms. The molecule has 5 nitrogen and oxygen atoms in total. The molecule has 0 aromatic heterocycles. The van der Waals surface area contributed by atoms with Crippen LogP contribution in [0.25, 0.3) is 0 Å². The minimum atomic E-state index is -0.126. The van der Waals surface area contributed by atoms with Gasteiger partial charge in [-0.15, -0.1) is 0 Å². The van der Waals surface area contributed by atoms with Gasteiger partial charge in [-0.25, -0.2) is 0 Å². The van der Waals surface area contributed by atoms with Crippen LogP contribution in [-0.4, -0.2) is 44.6 Å². The van der Waals surface area contributed by atoms with Gasteiger partial charge in [0.05, 0.1) is 12.7 Å². The van der Waals surface area contributed by atoms with Crippen molar-refractivity contribution in [3.63, 3.8) is 0 Å². The maximum atomic E-state index is 12.2. The molecule has 0 atom stereocenters. The zero-order chi connectivity index (χ0) is 15.2. The van der Waals surface area contributed by atoms with Crippen molar-refractivity contribution < 1.29 is 9.53 Å². The molecular formula is C16H25N3O2. The van der Waals surface area contributed by atoms with Crippen molar-refractivity contribution in [1.29, 1.82) is 0 Å². The van der Waals surface area contributed by atoms with E-state index in [-0.39, 0.29) is 5.91 Å². The van der Waals surface area contributed by atoms with E-state index in [4.69, 9.17) is 10.5 Å². The Hall–Kier alpha value is -1.75. The summed E-state index contributed by atoms with van der Waals surface area (Å²) in [4.78, 5) is 14.5. The number of nitrogen functional groups attached to an aromatic ring is 1. The number of hydrogen-bond acceptors (Lipinski definition) is 4. The molecule has 0 spiro atoms. The number of nitrogens with zero attached hydrogens (tertiary/aromatic N) is 1. The molecule has 21 heavy (non-hydrogen) atoms. The molecule has 0 saturated carbocycles. The number of carbonyl (C=O) groups is 1. The molecule has 1 amide bonds. The van der Waals surface area contributed by atoms with Gasteiger partial charge in [-0.1, -0.05) is 0 Å². The topological polar surface area (TPSA) is 67.6 Å². The Kier molecular flexibility index (Phi) is 5.44. The van der Waals surface area contributed by atoms with Gasteiger partial charge >= 0.3 is 0 Å². The van der Waals surface area contributed by atoms with Gasteiger partial charge in [0.25, 0.3) is 5.91 Å². The number of carbonyl (C=O) groups excluding carboxylic acids is 1. The molecule has 0 radical (unpaired) electrons. The van der Waals surface area contributed by atoms with Crippen LogP contribution in [0, 0.1) is 5.92 Å². The smallest absolute Gasteiger partial charge is 0.253 e. The normalized spacial score (nSPS) is 16.7. The molecule has 1 saturated heterocycles. The Morgan fingerprint density at radius 1 is 1.43 bits per heavy atom. The van der Waals surface area contributed by atoms with Crippen molar-refractivity contribution in [2.75, 3.05) is 39.5 Å². The molecule has 1 heterocycles. The van der Waals surface area contributed by atoms with Crippen molar-refractivity contribution in [1.82, 2.24) is 10.2 Å². The van der Waals surface area contributed by atoms with E-state index in [2.05, 4.69) is 17.3 Å². The molecule has 1 aromatic carbocycles. The van der Waals surface area contributed by atoms with Crippen molar-refractivity contribution in [3.05, 3.63) is 23.8 Å². The Bertz CT molecular complexity index is 482. The van der Waals surface area contributed by atoms with Crippen LogP contribution in [0.2, 0.25) is 0 Å². The second kappa shape index (κ2) is 7.31. The lowest BCUT2D eigenvalue weighted by Crippen LogP contribution is -2.32. The summed E-state index contributed by atoms with van der Waals surface area (Å²) in [5.74, 6) is 1.23. The summed E-state index contributed by atoms with van der Waals surface area (Å²) in [6, 6.07) is 5.13. The summed E-state index contributed by atoms with van der Waals surface area (Å²) >= 11 is 0. The van der Waals surface area contributed by atoms with E-state index < -0.39 is 0 Å². The monoisotopic (exact) mass is 291 g/mol. The van der Waals surface area contributed by atoms with Crippen molar-refractivity contribution >= 4 is 11.6 Å². The molecule has 0 unspecified atom stereocenters. The number of rotatable bonds is 5. The number of nitrogens with two attached hydrogens (primary N) is 1. The van der Waals surface area contributed by atoms with Gasteiger partial charge in [-0.05, 0) is 63.5 Å². The number of ether oxygens (including phenoxy) is 1. The van der Waals surface area contributed by atoms with Crippen LogP contribution in [0.15, 0.2) is 18.2 Å². The highest BCUT2D eigenvalue weighted by Gasteiger charge is 2.17. The number of likely N-dealkylation sites (tertiary alicyclic amines) is 1. The molecule has 1 aliphatic heterocycles. The third kappa shape index (κ3) is 4.36. The Balaban J connectivity index is 1.82. The van der Waals surface area contributed by atoms with E-state index in [9.17, 15) is 4.79 Å². The van der Waals surface area contributed by atoms with Gasteiger partial charge in [0, 0.05) is 12.2 Å². The van der Waals surface area contributed by atoms with E-state index >= 15 is 0 Å². The number of nitrogens with one attached hydrogen (secondary N) is 1. The fraction of sp³-hybridized carbons (Fsp3) is 0.562. The molecule has 1 aromatic rings. The van der Waals surface area contributed by atoms with Gasteiger partial charge in [-0.2, -0.15) is 0 Å². The molecule has 0 bridgehead atoms. The van der Waals surface area contributed by atoms with E-state index in [1.54, 1.807) is 25.3 Å². The maximum absolute atomic E-state index is 12.2. The number of piperidine rings is 1. The minimum Gasteiger partial charge on any atom is -0.497 e. The van der Waals surface area contributed by atoms with Crippen LogP contribution in [0.3, 0.4) is 0 Å². The summed E-state index contributed by atoms with van der Waals surface area (Å²) in [6.45, 7) is 3.01. The predicted octanol–water partition coefficient (Wildman–Crippen LogP) is 1.74. The number of anilines is 1. The van der Waals surface area contributed by atoms with Crippen LogP contribution >= 0.6 is 0 Å². The van der Waals surface area contributed by atoms with Crippen molar-refractivity contribution in [2.45, 2.75) is 19.3 Å². The van der Waals surface area contributed by atoms with E-state index in [1.165, 1.54) is 12.8 Å². The molecular weight excluding hydrogens is 266 g/mol. The molecule has 116 valence electrons. The summed E-state index contributed by atoms with van der Waals surface area (Å²) in [7, 11) is 3.73. The highest BCUT2D eigenvalue weighted by Crippen LogP contribution is 2.20. The first-order chi connectivity index (χ1) is 10.1. The minimum absolute atomic E-state index is 0.126. The van der Waals surface area contributed by atoms with Crippen LogP contribution in [0.1, 0.15) is 29.6 Å². The Labute approximate surface area is 126 Å². The second-order valence-corrected chi connectivity index (χ2v) is 5.74. The predicted molar refractivity (Wildman–Crippen MR) is 84.6 cm³/mol. The number of hydrogen-bond donors (Lipinski definition) is 2. The van der Waals surface area contributed by atoms with Crippen LogP contribution in [0.4, 0.5) is 5.69 Å². The van der Waals surface area contributed by atoms with Crippen LogP contribution in [0.5, 0.6) is 5.75 Å². The van der Waals surface area contributed by atoms with Gasteiger partial charge in [-0.3, -0.25) is 4.79 Å². The zero-order valence-electron chi connectivity index (χ0n) is 12.9. The summed E-state index contributed by atoms with van der Waals surface area (Å²) in [5, 5.41) is 2.96. The van der Waals surface area contributed by atoms with Gasteiger partial charge in [0.1, 0.15) is 5.75 Å². The highest BCUT2D eigenvalue weighted by molar-refractivity contribution is 5.99. The third-order valence-corrected chi connectivity index (χ3v) is 4.18. The first-order valence-electron chi connectivity index (χ1n) is 7.50. The third-order valence-electron chi connectivity index (χ3n) is 4.18. The van der Waals surface area contributed by atoms with Crippen molar-refractivity contribution in [2.24, 2.45) is 5.92 Å². The average molecular weight is 291 g/mol. The van der Waals surface area contributed by atoms with E-state index in [0.29, 0.717) is 29.5 Å². The van der Waals surface area contributed by atoms with Gasteiger partial charge in [0.2, 0.25) is 0 Å². The maximum Gasteiger partial charge on any atom is 0.253 e. The van der Waals surface area contributed by atoms with Gasteiger partial charge in [0.15, 0.2) is 0 Å². The van der Waals surface area contributed by atoms with Crippen LogP contribution in [-0.2, 0) is 0 Å². The molecule has 1 aliphatic rings. The Morgan fingerprint density at radius 2 is 2.14 bits per heavy atom. The first kappa shape index (κ1) is 15.6. The van der Waals surface area contributed by atoms with Crippen LogP contribution < -0.4 is 15.8 Å². The Morgan fingerprint density at radius 3 is 2.81 bits per heavy atom. The van der Waals surface area contributed by atoms with Gasteiger partial charge < -0.3 is 20.7 Å². The lowest BCUT2D eigenvalue weighted by atomic mass is 9.94. The number of methoxy groups -OCH3 is 1. The fourth-order valence-electron chi connectivity index (χ4n) is 2.69. The molecule has 1 fully saturated rings. The zero-order valence-corrected chi connectivity index (χ0v) is 12.9.